The van der Waals surface area contributed by atoms with Crippen molar-refractivity contribution >= 4 is 0 Å². The molecule has 0 atom stereocenters. The SMILES string of the molecule is CC.O=c1[nH]c(-c2cc(F)cc(F)c2)nc2c1CN(Cc1ccccc1)CC2. The van der Waals surface area contributed by atoms with E-state index in [4.69, 9.17) is 0 Å². The highest BCUT2D eigenvalue weighted by Crippen LogP contribution is 2.21. The van der Waals surface area contributed by atoms with Gasteiger partial charge in [0, 0.05) is 37.7 Å². The number of aromatic nitrogens is 2. The highest BCUT2D eigenvalue weighted by atomic mass is 19.1. The summed E-state index contributed by atoms with van der Waals surface area (Å²) in [6.45, 7) is 6.04. The van der Waals surface area contributed by atoms with Crippen LogP contribution >= 0.6 is 0 Å². The molecule has 0 saturated carbocycles. The summed E-state index contributed by atoms with van der Waals surface area (Å²) >= 11 is 0. The molecule has 1 aromatic heterocycles. The molecule has 2 aromatic carbocycles. The van der Waals surface area contributed by atoms with Gasteiger partial charge in [-0.15, -0.1) is 0 Å². The zero-order valence-electron chi connectivity index (χ0n) is 16.0. The van der Waals surface area contributed by atoms with E-state index in [1.165, 1.54) is 5.56 Å². The van der Waals surface area contributed by atoms with Crippen LogP contribution in [0.15, 0.2) is 53.3 Å². The third-order valence-corrected chi connectivity index (χ3v) is 4.53. The van der Waals surface area contributed by atoms with Gasteiger partial charge in [-0.2, -0.15) is 0 Å². The average Bonchev–Trinajstić information content (AvgIpc) is 2.70. The summed E-state index contributed by atoms with van der Waals surface area (Å²) in [6, 6.07) is 13.2. The Morgan fingerprint density at radius 3 is 2.43 bits per heavy atom. The lowest BCUT2D eigenvalue weighted by atomic mass is 10.1. The van der Waals surface area contributed by atoms with Crippen LogP contribution in [-0.2, 0) is 19.5 Å². The van der Waals surface area contributed by atoms with E-state index < -0.39 is 11.6 Å². The molecule has 3 aromatic rings. The zero-order chi connectivity index (χ0) is 20.1. The summed E-state index contributed by atoms with van der Waals surface area (Å²) in [5.41, 5.74) is 2.47. The Morgan fingerprint density at radius 2 is 1.75 bits per heavy atom. The van der Waals surface area contributed by atoms with Crippen LogP contribution in [0.3, 0.4) is 0 Å². The third-order valence-electron chi connectivity index (χ3n) is 4.53. The van der Waals surface area contributed by atoms with Crippen LogP contribution in [0.1, 0.15) is 30.7 Å². The second kappa shape index (κ2) is 8.89. The van der Waals surface area contributed by atoms with Gasteiger partial charge in [0.05, 0.1) is 11.3 Å². The average molecular weight is 383 g/mol. The number of benzene rings is 2. The van der Waals surface area contributed by atoms with E-state index >= 15 is 0 Å². The molecule has 1 aliphatic rings. The van der Waals surface area contributed by atoms with E-state index in [0.29, 0.717) is 24.2 Å². The molecule has 4 nitrogen and oxygen atoms in total. The summed E-state index contributed by atoms with van der Waals surface area (Å²) in [4.78, 5) is 21.8. The summed E-state index contributed by atoms with van der Waals surface area (Å²) in [5, 5.41) is 0. The van der Waals surface area contributed by atoms with Gasteiger partial charge in [-0.3, -0.25) is 9.69 Å². The molecule has 6 heteroatoms. The van der Waals surface area contributed by atoms with E-state index in [2.05, 4.69) is 27.0 Å². The minimum atomic E-state index is -0.700. The second-order valence-corrected chi connectivity index (χ2v) is 6.44. The van der Waals surface area contributed by atoms with Crippen LogP contribution in [0.4, 0.5) is 8.78 Å². The van der Waals surface area contributed by atoms with Crippen molar-refractivity contribution in [3.05, 3.63) is 87.3 Å². The number of nitrogens with zero attached hydrogens (tertiary/aromatic N) is 2. The van der Waals surface area contributed by atoms with E-state index in [-0.39, 0.29) is 16.9 Å². The topological polar surface area (TPSA) is 49.0 Å². The molecule has 146 valence electrons. The molecule has 0 amide bonds. The molecule has 0 saturated heterocycles. The van der Waals surface area contributed by atoms with Gasteiger partial charge >= 0.3 is 0 Å². The van der Waals surface area contributed by atoms with Gasteiger partial charge < -0.3 is 4.98 Å². The second-order valence-electron chi connectivity index (χ2n) is 6.44. The number of nitrogens with one attached hydrogen (secondary N) is 1. The lowest BCUT2D eigenvalue weighted by Gasteiger charge is -2.27. The summed E-state index contributed by atoms with van der Waals surface area (Å²) in [7, 11) is 0. The van der Waals surface area contributed by atoms with E-state index in [1.807, 2.05) is 32.0 Å². The highest BCUT2D eigenvalue weighted by Gasteiger charge is 2.21. The number of halogens is 2. The standard InChI is InChI=1S/C20H17F2N3O.C2H6/c21-15-8-14(9-16(22)10-15)19-23-18-6-7-25(12-17(18)20(26)24-19)11-13-4-2-1-3-5-13;1-2/h1-5,8-10H,6-7,11-12H2,(H,23,24,26);1-2H3. The molecular formula is C22H23F2N3O. The summed E-state index contributed by atoms with van der Waals surface area (Å²) in [5.74, 6) is -1.20. The first-order valence-electron chi connectivity index (χ1n) is 9.43. The summed E-state index contributed by atoms with van der Waals surface area (Å²) < 4.78 is 26.9. The quantitative estimate of drug-likeness (QED) is 0.734. The number of hydrogen-bond acceptors (Lipinski definition) is 3. The van der Waals surface area contributed by atoms with Gasteiger partial charge in [0.15, 0.2) is 0 Å². The molecule has 1 N–H and O–H groups in total. The van der Waals surface area contributed by atoms with Gasteiger partial charge in [-0.25, -0.2) is 13.8 Å². The highest BCUT2D eigenvalue weighted by molar-refractivity contribution is 5.55. The molecule has 0 spiro atoms. The first kappa shape index (κ1) is 19.9. The van der Waals surface area contributed by atoms with E-state index in [1.54, 1.807) is 0 Å². The molecule has 0 fully saturated rings. The molecule has 1 aliphatic heterocycles. The normalized spacial score (nSPS) is 13.4. The van der Waals surface area contributed by atoms with Gasteiger partial charge in [-0.1, -0.05) is 44.2 Å². The number of rotatable bonds is 3. The number of aromatic amines is 1. The van der Waals surface area contributed by atoms with Crippen molar-refractivity contribution in [3.8, 4) is 11.4 Å². The summed E-state index contributed by atoms with van der Waals surface area (Å²) in [6.07, 6.45) is 0.622. The van der Waals surface area contributed by atoms with Crippen LogP contribution in [0.5, 0.6) is 0 Å². The Balaban J connectivity index is 0.00000109. The zero-order valence-corrected chi connectivity index (χ0v) is 16.0. The molecule has 0 unspecified atom stereocenters. The van der Waals surface area contributed by atoms with Crippen molar-refractivity contribution in [3.63, 3.8) is 0 Å². The maximum Gasteiger partial charge on any atom is 0.255 e. The Bertz CT molecular complexity index is 982. The predicted molar refractivity (Wildman–Crippen MR) is 106 cm³/mol. The Labute approximate surface area is 162 Å². The maximum absolute atomic E-state index is 13.4. The van der Waals surface area contributed by atoms with Gasteiger partial charge in [-0.05, 0) is 17.7 Å². The van der Waals surface area contributed by atoms with Gasteiger partial charge in [0.1, 0.15) is 17.5 Å². The van der Waals surface area contributed by atoms with Crippen LogP contribution in [-0.4, -0.2) is 21.4 Å². The van der Waals surface area contributed by atoms with Crippen LogP contribution in [0.2, 0.25) is 0 Å². The maximum atomic E-state index is 13.4. The predicted octanol–water partition coefficient (Wildman–Crippen LogP) is 4.30. The Kier molecular flexibility index (Phi) is 6.31. The fraction of sp³-hybridized carbons (Fsp3) is 0.273. The van der Waals surface area contributed by atoms with Gasteiger partial charge in [0.2, 0.25) is 0 Å². The van der Waals surface area contributed by atoms with E-state index in [9.17, 15) is 13.6 Å². The molecular weight excluding hydrogens is 360 g/mol. The fourth-order valence-electron chi connectivity index (χ4n) is 3.28. The van der Waals surface area contributed by atoms with Crippen molar-refractivity contribution in [1.29, 1.82) is 0 Å². The monoisotopic (exact) mass is 383 g/mol. The molecule has 0 aliphatic carbocycles. The van der Waals surface area contributed by atoms with Gasteiger partial charge in [0.25, 0.3) is 5.56 Å². The molecule has 28 heavy (non-hydrogen) atoms. The minimum Gasteiger partial charge on any atom is -0.306 e. The van der Waals surface area contributed by atoms with Crippen LogP contribution < -0.4 is 5.56 Å². The lowest BCUT2D eigenvalue weighted by molar-refractivity contribution is 0.242. The molecule has 4 rings (SSSR count). The third kappa shape index (κ3) is 4.51. The van der Waals surface area contributed by atoms with Crippen molar-refractivity contribution in [2.45, 2.75) is 33.4 Å². The first-order valence-corrected chi connectivity index (χ1v) is 9.43. The van der Waals surface area contributed by atoms with Crippen molar-refractivity contribution in [1.82, 2.24) is 14.9 Å². The number of fused-ring (bicyclic) bond motifs is 1. The van der Waals surface area contributed by atoms with Crippen molar-refractivity contribution in [2.24, 2.45) is 0 Å². The minimum absolute atomic E-state index is 0.198. The molecule has 0 bridgehead atoms. The van der Waals surface area contributed by atoms with Crippen molar-refractivity contribution < 1.29 is 8.78 Å². The number of H-pyrrole nitrogens is 1. The smallest absolute Gasteiger partial charge is 0.255 e. The molecule has 2 heterocycles. The van der Waals surface area contributed by atoms with Crippen molar-refractivity contribution in [2.75, 3.05) is 6.54 Å². The Morgan fingerprint density at radius 1 is 1.07 bits per heavy atom. The number of hydrogen-bond donors (Lipinski definition) is 1. The van der Waals surface area contributed by atoms with E-state index in [0.717, 1.165) is 31.3 Å². The lowest BCUT2D eigenvalue weighted by Crippen LogP contribution is -2.35. The first-order chi connectivity index (χ1) is 13.6. The fourth-order valence-corrected chi connectivity index (χ4v) is 3.28. The Hall–Kier alpha value is -2.86. The van der Waals surface area contributed by atoms with Crippen LogP contribution in [0.25, 0.3) is 11.4 Å². The largest absolute Gasteiger partial charge is 0.306 e. The van der Waals surface area contributed by atoms with Crippen LogP contribution in [0, 0.1) is 11.6 Å². The molecule has 0 radical (unpaired) electrons.